The molecule has 6 heteroatoms. The Morgan fingerprint density at radius 1 is 1.14 bits per heavy atom. The molecule has 0 aliphatic rings. The molecule has 0 aliphatic heterocycles. The first-order chi connectivity index (χ1) is 9.84. The summed E-state index contributed by atoms with van der Waals surface area (Å²) in [6.45, 7) is 1.71. The van der Waals surface area contributed by atoms with E-state index in [2.05, 4.69) is 10.3 Å². The highest BCUT2D eigenvalue weighted by Crippen LogP contribution is 2.36. The van der Waals surface area contributed by atoms with E-state index >= 15 is 0 Å². The first-order valence-electron chi connectivity index (χ1n) is 6.29. The number of pyridine rings is 1. The number of hydrogen-bond donors (Lipinski definition) is 1. The van der Waals surface area contributed by atoms with E-state index in [1.165, 1.54) is 19.2 Å². The third-order valence-electron chi connectivity index (χ3n) is 3.22. The summed E-state index contributed by atoms with van der Waals surface area (Å²) in [5.41, 5.74) is -0.0676. The molecule has 1 unspecified atom stereocenters. The third-order valence-corrected chi connectivity index (χ3v) is 3.22. The number of hydrogen-bond acceptors (Lipinski definition) is 2. The van der Waals surface area contributed by atoms with Crippen molar-refractivity contribution in [3.8, 4) is 0 Å². The summed E-state index contributed by atoms with van der Waals surface area (Å²) in [4.78, 5) is 3.74. The summed E-state index contributed by atoms with van der Waals surface area (Å²) >= 11 is 0. The molecule has 0 saturated heterocycles. The quantitative estimate of drug-likeness (QED) is 0.870. The van der Waals surface area contributed by atoms with Gasteiger partial charge >= 0.3 is 6.18 Å². The van der Waals surface area contributed by atoms with E-state index in [1.54, 1.807) is 13.0 Å². The number of aromatic nitrogens is 1. The minimum absolute atomic E-state index is 0.102. The lowest BCUT2D eigenvalue weighted by atomic mass is 9.95. The second-order valence-corrected chi connectivity index (χ2v) is 4.71. The number of rotatable bonds is 3. The smallest absolute Gasteiger partial charge is 0.309 e. The van der Waals surface area contributed by atoms with E-state index in [1.807, 2.05) is 0 Å². The standard InChI is InChI=1S/C15H14F4N2/c1-9-3-4-10(13(16)7-9)14(20-2)11-8-21-6-5-12(11)15(17,18)19/h3-8,14,20H,1-2H3. The maximum Gasteiger partial charge on any atom is 0.416 e. The van der Waals surface area contributed by atoms with Gasteiger partial charge in [-0.05, 0) is 31.7 Å². The maximum absolute atomic E-state index is 14.1. The Morgan fingerprint density at radius 3 is 2.43 bits per heavy atom. The molecule has 0 radical (unpaired) electrons. The summed E-state index contributed by atoms with van der Waals surface area (Å²) in [7, 11) is 1.48. The van der Waals surface area contributed by atoms with Crippen LogP contribution in [0.3, 0.4) is 0 Å². The van der Waals surface area contributed by atoms with Gasteiger partial charge in [0.1, 0.15) is 5.82 Å². The minimum atomic E-state index is -4.52. The molecular weight excluding hydrogens is 284 g/mol. The van der Waals surface area contributed by atoms with Crippen LogP contribution in [0.25, 0.3) is 0 Å². The van der Waals surface area contributed by atoms with Crippen molar-refractivity contribution in [3.63, 3.8) is 0 Å². The zero-order chi connectivity index (χ0) is 15.6. The van der Waals surface area contributed by atoms with Crippen LogP contribution in [0.1, 0.15) is 28.3 Å². The van der Waals surface area contributed by atoms with E-state index in [-0.39, 0.29) is 11.1 Å². The second kappa shape index (κ2) is 5.81. The lowest BCUT2D eigenvalue weighted by molar-refractivity contribution is -0.138. The minimum Gasteiger partial charge on any atom is -0.309 e. The molecule has 0 saturated carbocycles. The van der Waals surface area contributed by atoms with Gasteiger partial charge in [-0.15, -0.1) is 0 Å². The Labute approximate surface area is 119 Å². The van der Waals surface area contributed by atoms with E-state index in [9.17, 15) is 17.6 Å². The van der Waals surface area contributed by atoms with Crippen molar-refractivity contribution in [3.05, 3.63) is 64.7 Å². The van der Waals surface area contributed by atoms with Gasteiger partial charge in [-0.25, -0.2) is 4.39 Å². The summed E-state index contributed by atoms with van der Waals surface area (Å²) < 4.78 is 53.3. The first kappa shape index (κ1) is 15.4. The molecule has 1 aromatic heterocycles. The fraction of sp³-hybridized carbons (Fsp3) is 0.267. The van der Waals surface area contributed by atoms with Crippen molar-refractivity contribution < 1.29 is 17.6 Å². The predicted molar refractivity (Wildman–Crippen MR) is 71.3 cm³/mol. The normalized spacial score (nSPS) is 13.2. The summed E-state index contributed by atoms with van der Waals surface area (Å²) in [5.74, 6) is -0.550. The highest BCUT2D eigenvalue weighted by Gasteiger charge is 2.35. The molecule has 0 spiro atoms. The molecule has 1 heterocycles. The van der Waals surface area contributed by atoms with Crippen molar-refractivity contribution in [1.82, 2.24) is 10.3 Å². The number of nitrogens with zero attached hydrogens (tertiary/aromatic N) is 1. The van der Waals surface area contributed by atoms with Gasteiger partial charge in [0.05, 0.1) is 11.6 Å². The zero-order valence-electron chi connectivity index (χ0n) is 11.5. The largest absolute Gasteiger partial charge is 0.416 e. The number of alkyl halides is 3. The lowest BCUT2D eigenvalue weighted by Crippen LogP contribution is -2.23. The number of benzene rings is 1. The third kappa shape index (κ3) is 3.21. The molecule has 2 nitrogen and oxygen atoms in total. The van der Waals surface area contributed by atoms with Crippen LogP contribution < -0.4 is 5.32 Å². The van der Waals surface area contributed by atoms with Crippen LogP contribution in [-0.2, 0) is 6.18 Å². The van der Waals surface area contributed by atoms with Crippen LogP contribution in [0.15, 0.2) is 36.7 Å². The van der Waals surface area contributed by atoms with Crippen LogP contribution in [0.2, 0.25) is 0 Å². The number of nitrogens with one attached hydrogen (secondary N) is 1. The van der Waals surface area contributed by atoms with E-state index in [0.717, 1.165) is 18.5 Å². The van der Waals surface area contributed by atoms with Crippen LogP contribution in [-0.4, -0.2) is 12.0 Å². The zero-order valence-corrected chi connectivity index (χ0v) is 11.5. The fourth-order valence-corrected chi connectivity index (χ4v) is 2.24. The maximum atomic E-state index is 14.1. The summed E-state index contributed by atoms with van der Waals surface area (Å²) in [6, 6.07) is 4.41. The van der Waals surface area contributed by atoms with Gasteiger partial charge in [-0.1, -0.05) is 12.1 Å². The average Bonchev–Trinajstić information content (AvgIpc) is 2.41. The second-order valence-electron chi connectivity index (χ2n) is 4.71. The average molecular weight is 298 g/mol. The van der Waals surface area contributed by atoms with E-state index < -0.39 is 23.6 Å². The van der Waals surface area contributed by atoms with E-state index in [0.29, 0.717) is 5.56 Å². The van der Waals surface area contributed by atoms with Gasteiger partial charge in [-0.3, -0.25) is 4.98 Å². The topological polar surface area (TPSA) is 24.9 Å². The van der Waals surface area contributed by atoms with Crippen molar-refractivity contribution in [2.45, 2.75) is 19.1 Å². The Balaban J connectivity index is 2.57. The van der Waals surface area contributed by atoms with Gasteiger partial charge in [-0.2, -0.15) is 13.2 Å². The summed E-state index contributed by atoms with van der Waals surface area (Å²) in [6.07, 6.45) is -2.33. The molecule has 112 valence electrons. The molecule has 1 atom stereocenters. The molecule has 21 heavy (non-hydrogen) atoms. The highest BCUT2D eigenvalue weighted by molar-refractivity contribution is 5.38. The molecule has 1 aromatic carbocycles. The Morgan fingerprint density at radius 2 is 1.86 bits per heavy atom. The van der Waals surface area contributed by atoms with E-state index in [4.69, 9.17) is 0 Å². The lowest BCUT2D eigenvalue weighted by Gasteiger charge is -2.21. The molecule has 1 N–H and O–H groups in total. The molecule has 2 rings (SSSR count). The molecule has 0 fully saturated rings. The number of aryl methyl sites for hydroxylation is 1. The number of halogens is 4. The SMILES string of the molecule is CNC(c1ccc(C)cc1F)c1cnccc1C(F)(F)F. The monoisotopic (exact) mass is 298 g/mol. The van der Waals surface area contributed by atoms with Crippen molar-refractivity contribution >= 4 is 0 Å². The van der Waals surface area contributed by atoms with Crippen LogP contribution in [0.5, 0.6) is 0 Å². The molecule has 0 aliphatic carbocycles. The molecular formula is C15H14F4N2. The van der Waals surface area contributed by atoms with Gasteiger partial charge in [0.15, 0.2) is 0 Å². The van der Waals surface area contributed by atoms with Crippen molar-refractivity contribution in [2.24, 2.45) is 0 Å². The van der Waals surface area contributed by atoms with Crippen molar-refractivity contribution in [1.29, 1.82) is 0 Å². The Hall–Kier alpha value is -1.95. The van der Waals surface area contributed by atoms with Crippen LogP contribution in [0.4, 0.5) is 17.6 Å². The fourth-order valence-electron chi connectivity index (χ4n) is 2.24. The predicted octanol–water partition coefficient (Wildman–Crippen LogP) is 3.86. The molecule has 0 bridgehead atoms. The van der Waals surface area contributed by atoms with Crippen LogP contribution in [0, 0.1) is 12.7 Å². The Kier molecular flexibility index (Phi) is 4.27. The van der Waals surface area contributed by atoms with Crippen LogP contribution >= 0.6 is 0 Å². The first-order valence-corrected chi connectivity index (χ1v) is 6.29. The highest BCUT2D eigenvalue weighted by atomic mass is 19.4. The summed E-state index contributed by atoms with van der Waals surface area (Å²) in [5, 5.41) is 2.73. The van der Waals surface area contributed by atoms with Gasteiger partial charge in [0, 0.05) is 23.5 Å². The molecule has 0 amide bonds. The van der Waals surface area contributed by atoms with Gasteiger partial charge < -0.3 is 5.32 Å². The van der Waals surface area contributed by atoms with Gasteiger partial charge in [0.2, 0.25) is 0 Å². The Bertz CT molecular complexity index is 638. The van der Waals surface area contributed by atoms with Crippen molar-refractivity contribution in [2.75, 3.05) is 7.05 Å². The molecule has 2 aromatic rings. The van der Waals surface area contributed by atoms with Gasteiger partial charge in [0.25, 0.3) is 0 Å².